The van der Waals surface area contributed by atoms with Crippen LogP contribution in [0.15, 0.2) is 23.5 Å². The van der Waals surface area contributed by atoms with Crippen molar-refractivity contribution in [1.29, 1.82) is 0 Å². The van der Waals surface area contributed by atoms with Gasteiger partial charge in [0.15, 0.2) is 5.82 Å². The van der Waals surface area contributed by atoms with E-state index in [2.05, 4.69) is 25.3 Å². The molecule has 0 aromatic carbocycles. The van der Waals surface area contributed by atoms with Crippen molar-refractivity contribution >= 4 is 27.4 Å². The smallest absolute Gasteiger partial charge is 0.242 e. The Labute approximate surface area is 126 Å². The third kappa shape index (κ3) is 3.47. The Bertz CT molecular complexity index is 731. The van der Waals surface area contributed by atoms with E-state index in [1.807, 2.05) is 6.92 Å². The van der Waals surface area contributed by atoms with Gasteiger partial charge < -0.3 is 9.99 Å². The molecule has 0 fully saturated rings. The number of nitrogens with zero attached hydrogens (tertiary/aromatic N) is 4. The minimum absolute atomic E-state index is 0.0185. The van der Waals surface area contributed by atoms with Crippen LogP contribution in [0.5, 0.6) is 0 Å². The van der Waals surface area contributed by atoms with Crippen LogP contribution in [0.2, 0.25) is 5.02 Å². The number of halogens is 1. The maximum absolute atomic E-state index is 12.2. The second-order valence-electron chi connectivity index (χ2n) is 4.00. The summed E-state index contributed by atoms with van der Waals surface area (Å²) < 4.78 is 28.5. The van der Waals surface area contributed by atoms with Crippen molar-refractivity contribution in [1.82, 2.24) is 24.5 Å². The lowest BCUT2D eigenvalue weighted by molar-refractivity contribution is 0.574. The van der Waals surface area contributed by atoms with E-state index in [4.69, 9.17) is 17.4 Å². The number of sulfonamides is 1. The fourth-order valence-corrected chi connectivity index (χ4v) is 2.83. The van der Waals surface area contributed by atoms with Gasteiger partial charge in [0.1, 0.15) is 17.0 Å². The molecule has 2 rings (SSSR count). The normalized spacial score (nSPS) is 11.6. The highest BCUT2D eigenvalue weighted by atomic mass is 35.5. The summed E-state index contributed by atoms with van der Waals surface area (Å²) in [5, 5.41) is 7.68. The Morgan fingerprint density at radius 2 is 2.24 bits per heavy atom. The molecule has 0 unspecified atom stereocenters. The lowest BCUT2D eigenvalue weighted by Crippen LogP contribution is -2.25. The SMILES string of the molecule is CCn1cnnc1CNS(=O)(=O)c1cnc(NN)c(Cl)c1. The van der Waals surface area contributed by atoms with Crippen molar-refractivity contribution in [3.63, 3.8) is 0 Å². The predicted molar refractivity (Wildman–Crippen MR) is 76.8 cm³/mol. The lowest BCUT2D eigenvalue weighted by atomic mass is 10.5. The third-order valence-electron chi connectivity index (χ3n) is 2.72. The van der Waals surface area contributed by atoms with Crippen molar-refractivity contribution in [3.8, 4) is 0 Å². The number of hydrogen-bond donors (Lipinski definition) is 3. The molecule has 0 aliphatic heterocycles. The molecule has 9 nitrogen and oxygen atoms in total. The van der Waals surface area contributed by atoms with Crippen LogP contribution >= 0.6 is 11.6 Å². The van der Waals surface area contributed by atoms with E-state index >= 15 is 0 Å². The Kier molecular flexibility index (Phi) is 4.73. The molecule has 0 atom stereocenters. The Morgan fingerprint density at radius 1 is 1.48 bits per heavy atom. The highest BCUT2D eigenvalue weighted by Crippen LogP contribution is 2.21. The third-order valence-corrected chi connectivity index (χ3v) is 4.38. The second kappa shape index (κ2) is 6.35. The van der Waals surface area contributed by atoms with Gasteiger partial charge in [0.25, 0.3) is 0 Å². The van der Waals surface area contributed by atoms with Crippen molar-refractivity contribution in [2.75, 3.05) is 5.43 Å². The Balaban J connectivity index is 2.17. The largest absolute Gasteiger partial charge is 0.317 e. The van der Waals surface area contributed by atoms with Crippen molar-refractivity contribution < 1.29 is 8.42 Å². The van der Waals surface area contributed by atoms with Gasteiger partial charge in [-0.15, -0.1) is 10.2 Å². The highest BCUT2D eigenvalue weighted by Gasteiger charge is 2.17. The van der Waals surface area contributed by atoms with Gasteiger partial charge in [-0.25, -0.2) is 24.0 Å². The summed E-state index contributed by atoms with van der Waals surface area (Å²) in [5.41, 5.74) is 2.26. The zero-order valence-electron chi connectivity index (χ0n) is 11.1. The molecule has 0 aliphatic carbocycles. The molecular formula is C10H14ClN7O2S. The molecule has 0 amide bonds. The Morgan fingerprint density at radius 3 is 2.86 bits per heavy atom. The number of anilines is 1. The molecule has 2 aromatic rings. The number of aromatic nitrogens is 4. The number of pyridine rings is 1. The number of hydrogen-bond acceptors (Lipinski definition) is 7. The first-order valence-corrected chi connectivity index (χ1v) is 7.82. The molecular weight excluding hydrogens is 318 g/mol. The van der Waals surface area contributed by atoms with Gasteiger partial charge >= 0.3 is 0 Å². The number of nitrogens with two attached hydrogens (primary N) is 1. The molecule has 11 heteroatoms. The van der Waals surface area contributed by atoms with E-state index in [9.17, 15) is 8.42 Å². The molecule has 21 heavy (non-hydrogen) atoms. The second-order valence-corrected chi connectivity index (χ2v) is 6.18. The number of rotatable bonds is 6. The van der Waals surface area contributed by atoms with Crippen molar-refractivity contribution in [2.45, 2.75) is 24.9 Å². The van der Waals surface area contributed by atoms with Gasteiger partial charge in [-0.3, -0.25) is 0 Å². The molecule has 0 aliphatic rings. The van der Waals surface area contributed by atoms with Crippen LogP contribution in [-0.2, 0) is 23.1 Å². The molecule has 0 saturated heterocycles. The van der Waals surface area contributed by atoms with Gasteiger partial charge in [0.2, 0.25) is 10.0 Å². The van der Waals surface area contributed by atoms with Crippen LogP contribution in [0.3, 0.4) is 0 Å². The zero-order chi connectivity index (χ0) is 15.5. The Hall–Kier alpha value is -1.75. The van der Waals surface area contributed by atoms with E-state index in [0.717, 1.165) is 6.20 Å². The minimum Gasteiger partial charge on any atom is -0.317 e. The van der Waals surface area contributed by atoms with Crippen LogP contribution in [-0.4, -0.2) is 28.2 Å². The standard InChI is InChI=1S/C10H14ClN7O2S/c1-2-18-6-14-17-9(18)5-15-21(19,20)7-3-8(11)10(16-12)13-4-7/h3-4,6,15H,2,5,12H2,1H3,(H,13,16). The summed E-state index contributed by atoms with van der Waals surface area (Å²) in [6.07, 6.45) is 2.69. The van der Waals surface area contributed by atoms with Gasteiger partial charge in [-0.2, -0.15) is 0 Å². The molecule has 0 radical (unpaired) electrons. The minimum atomic E-state index is -3.76. The van der Waals surface area contributed by atoms with Crippen molar-refractivity contribution in [3.05, 3.63) is 29.4 Å². The monoisotopic (exact) mass is 331 g/mol. The average Bonchev–Trinajstić information content (AvgIpc) is 2.92. The van der Waals surface area contributed by atoms with Gasteiger partial charge in [-0.05, 0) is 13.0 Å². The van der Waals surface area contributed by atoms with Crippen LogP contribution in [0.4, 0.5) is 5.82 Å². The summed E-state index contributed by atoms with van der Waals surface area (Å²) >= 11 is 5.86. The maximum atomic E-state index is 12.2. The van der Waals surface area contributed by atoms with E-state index in [0.29, 0.717) is 12.4 Å². The van der Waals surface area contributed by atoms with Crippen LogP contribution in [0.25, 0.3) is 0 Å². The summed E-state index contributed by atoms with van der Waals surface area (Å²) in [6, 6.07) is 1.26. The molecule has 4 N–H and O–H groups in total. The maximum Gasteiger partial charge on any atom is 0.242 e. The predicted octanol–water partition coefficient (Wildman–Crippen LogP) is 0.110. The summed E-state index contributed by atoms with van der Waals surface area (Å²) in [5.74, 6) is 5.89. The summed E-state index contributed by atoms with van der Waals surface area (Å²) in [6.45, 7) is 2.57. The molecule has 0 bridgehead atoms. The van der Waals surface area contributed by atoms with Crippen LogP contribution < -0.4 is 16.0 Å². The first-order chi connectivity index (χ1) is 9.97. The molecule has 2 aromatic heterocycles. The summed E-state index contributed by atoms with van der Waals surface area (Å²) in [4.78, 5) is 3.76. The molecule has 0 saturated carbocycles. The molecule has 0 spiro atoms. The quantitative estimate of drug-likeness (QED) is 0.506. The first-order valence-electron chi connectivity index (χ1n) is 5.96. The molecule has 114 valence electrons. The van der Waals surface area contributed by atoms with E-state index in [1.54, 1.807) is 4.57 Å². The van der Waals surface area contributed by atoms with Gasteiger partial charge in [-0.1, -0.05) is 11.6 Å². The molecule has 2 heterocycles. The average molecular weight is 332 g/mol. The number of aryl methyl sites for hydroxylation is 1. The number of nitrogen functional groups attached to an aromatic ring is 1. The first kappa shape index (κ1) is 15.6. The highest BCUT2D eigenvalue weighted by molar-refractivity contribution is 7.89. The van der Waals surface area contributed by atoms with Crippen LogP contribution in [0, 0.1) is 0 Å². The van der Waals surface area contributed by atoms with E-state index < -0.39 is 10.0 Å². The number of nitrogens with one attached hydrogen (secondary N) is 2. The van der Waals surface area contributed by atoms with Crippen LogP contribution in [0.1, 0.15) is 12.7 Å². The van der Waals surface area contributed by atoms with Crippen molar-refractivity contribution in [2.24, 2.45) is 5.84 Å². The fraction of sp³-hybridized carbons (Fsp3) is 0.300. The number of hydrazine groups is 1. The fourth-order valence-electron chi connectivity index (χ4n) is 1.60. The topological polar surface area (TPSA) is 128 Å². The summed E-state index contributed by atoms with van der Waals surface area (Å²) in [7, 11) is -3.76. The lowest BCUT2D eigenvalue weighted by Gasteiger charge is -2.08. The van der Waals surface area contributed by atoms with E-state index in [1.165, 1.54) is 12.4 Å². The van der Waals surface area contributed by atoms with Gasteiger partial charge in [0, 0.05) is 12.7 Å². The van der Waals surface area contributed by atoms with Gasteiger partial charge in [0.05, 0.1) is 11.6 Å². The zero-order valence-corrected chi connectivity index (χ0v) is 12.7. The van der Waals surface area contributed by atoms with E-state index in [-0.39, 0.29) is 22.3 Å².